The maximum atomic E-state index is 12.4. The van der Waals surface area contributed by atoms with Crippen molar-refractivity contribution in [2.75, 3.05) is 24.9 Å². The predicted molar refractivity (Wildman–Crippen MR) is 102 cm³/mol. The van der Waals surface area contributed by atoms with Gasteiger partial charge in [0.05, 0.1) is 25.6 Å². The molecule has 2 rings (SSSR count). The molecular formula is C20H24N2O4. The van der Waals surface area contributed by atoms with Crippen molar-refractivity contribution in [2.24, 2.45) is 5.41 Å². The van der Waals surface area contributed by atoms with Crippen molar-refractivity contribution in [2.45, 2.75) is 20.8 Å². The molecule has 0 bridgehead atoms. The first-order chi connectivity index (χ1) is 12.3. The van der Waals surface area contributed by atoms with Gasteiger partial charge in [0.2, 0.25) is 5.91 Å². The molecule has 0 atom stereocenters. The number of hydrogen-bond acceptors (Lipinski definition) is 4. The zero-order chi connectivity index (χ0) is 19.3. The van der Waals surface area contributed by atoms with E-state index in [1.807, 2.05) is 26.8 Å². The summed E-state index contributed by atoms with van der Waals surface area (Å²) in [6, 6.07) is 12.1. The largest absolute Gasteiger partial charge is 0.494 e. The van der Waals surface area contributed by atoms with Crippen molar-refractivity contribution in [1.82, 2.24) is 0 Å². The fraction of sp³-hybridized carbons (Fsp3) is 0.300. The van der Waals surface area contributed by atoms with Gasteiger partial charge in [0.1, 0.15) is 11.5 Å². The molecule has 138 valence electrons. The van der Waals surface area contributed by atoms with Crippen LogP contribution in [0.25, 0.3) is 0 Å². The minimum absolute atomic E-state index is 0.154. The summed E-state index contributed by atoms with van der Waals surface area (Å²) in [4.78, 5) is 24.7. The van der Waals surface area contributed by atoms with Crippen molar-refractivity contribution >= 4 is 23.2 Å². The van der Waals surface area contributed by atoms with Crippen LogP contribution in [0.15, 0.2) is 42.5 Å². The maximum absolute atomic E-state index is 12.4. The zero-order valence-corrected chi connectivity index (χ0v) is 15.7. The highest BCUT2D eigenvalue weighted by Crippen LogP contribution is 2.37. The summed E-state index contributed by atoms with van der Waals surface area (Å²) in [5.41, 5.74) is 0.894. The average molecular weight is 356 g/mol. The second-order valence-electron chi connectivity index (χ2n) is 6.78. The number of anilines is 2. The Balaban J connectivity index is 2.33. The third-order valence-electron chi connectivity index (χ3n) is 3.74. The molecule has 0 spiro atoms. The number of rotatable bonds is 5. The van der Waals surface area contributed by atoms with Gasteiger partial charge < -0.3 is 20.1 Å². The molecule has 6 nitrogen and oxygen atoms in total. The van der Waals surface area contributed by atoms with Gasteiger partial charge in [-0.15, -0.1) is 0 Å². The summed E-state index contributed by atoms with van der Waals surface area (Å²) < 4.78 is 10.7. The van der Waals surface area contributed by atoms with Crippen molar-refractivity contribution in [3.63, 3.8) is 0 Å². The highest BCUT2D eigenvalue weighted by Gasteiger charge is 2.23. The molecule has 2 aromatic carbocycles. The molecule has 0 fully saturated rings. The van der Waals surface area contributed by atoms with E-state index in [1.54, 1.807) is 36.4 Å². The summed E-state index contributed by atoms with van der Waals surface area (Å²) in [5.74, 6) is 0.419. The van der Waals surface area contributed by atoms with E-state index in [9.17, 15) is 9.59 Å². The molecule has 0 aliphatic heterocycles. The molecule has 0 saturated heterocycles. The molecule has 0 heterocycles. The SMILES string of the molecule is COc1cc(NC(=O)C(C)(C)C)c(OC)cc1NC(=O)c1ccccc1. The first kappa shape index (κ1) is 19.3. The molecular weight excluding hydrogens is 332 g/mol. The minimum atomic E-state index is -0.557. The van der Waals surface area contributed by atoms with Crippen molar-refractivity contribution in [3.05, 3.63) is 48.0 Å². The highest BCUT2D eigenvalue weighted by atomic mass is 16.5. The second-order valence-corrected chi connectivity index (χ2v) is 6.78. The molecule has 0 aliphatic rings. The summed E-state index contributed by atoms with van der Waals surface area (Å²) in [6.07, 6.45) is 0. The van der Waals surface area contributed by atoms with Crippen LogP contribution >= 0.6 is 0 Å². The Bertz CT molecular complexity index is 795. The number of methoxy groups -OCH3 is 2. The number of amides is 2. The van der Waals surface area contributed by atoms with E-state index in [1.165, 1.54) is 14.2 Å². The number of benzene rings is 2. The standard InChI is InChI=1S/C20H24N2O4/c1-20(2,3)19(24)22-15-12-16(25-4)14(11-17(15)26-5)21-18(23)13-9-7-6-8-10-13/h6-12H,1-5H3,(H,21,23)(H,22,24). The lowest BCUT2D eigenvalue weighted by atomic mass is 9.95. The minimum Gasteiger partial charge on any atom is -0.494 e. The van der Waals surface area contributed by atoms with E-state index in [-0.39, 0.29) is 11.8 Å². The summed E-state index contributed by atoms with van der Waals surface area (Å²) in [7, 11) is 2.99. The van der Waals surface area contributed by atoms with Crippen molar-refractivity contribution in [3.8, 4) is 11.5 Å². The smallest absolute Gasteiger partial charge is 0.255 e. The summed E-state index contributed by atoms with van der Waals surface area (Å²) in [6.45, 7) is 5.46. The molecule has 26 heavy (non-hydrogen) atoms. The Kier molecular flexibility index (Phi) is 5.87. The van der Waals surface area contributed by atoms with Crippen LogP contribution in [0.1, 0.15) is 31.1 Å². The van der Waals surface area contributed by atoms with Crippen molar-refractivity contribution in [1.29, 1.82) is 0 Å². The van der Waals surface area contributed by atoms with Crippen LogP contribution in [-0.4, -0.2) is 26.0 Å². The van der Waals surface area contributed by atoms with E-state index in [4.69, 9.17) is 9.47 Å². The van der Waals surface area contributed by atoms with E-state index in [2.05, 4.69) is 10.6 Å². The maximum Gasteiger partial charge on any atom is 0.255 e. The fourth-order valence-corrected chi connectivity index (χ4v) is 2.19. The van der Waals surface area contributed by atoms with Crippen LogP contribution in [0.2, 0.25) is 0 Å². The Morgan fingerprint density at radius 3 is 1.81 bits per heavy atom. The number of carbonyl (C=O) groups is 2. The van der Waals surface area contributed by atoms with E-state index in [0.29, 0.717) is 28.4 Å². The molecule has 0 aliphatic carbocycles. The molecule has 0 aromatic heterocycles. The predicted octanol–water partition coefficient (Wildman–Crippen LogP) is 3.94. The summed E-state index contributed by atoms with van der Waals surface area (Å²) in [5, 5.41) is 5.64. The van der Waals surface area contributed by atoms with Crippen LogP contribution in [0.3, 0.4) is 0 Å². The third-order valence-corrected chi connectivity index (χ3v) is 3.74. The molecule has 0 unspecified atom stereocenters. The molecule has 0 saturated carbocycles. The molecule has 6 heteroatoms. The molecule has 2 N–H and O–H groups in total. The first-order valence-electron chi connectivity index (χ1n) is 8.20. The fourth-order valence-electron chi connectivity index (χ4n) is 2.19. The lowest BCUT2D eigenvalue weighted by molar-refractivity contribution is -0.123. The molecule has 2 aromatic rings. The zero-order valence-electron chi connectivity index (χ0n) is 15.7. The molecule has 0 radical (unpaired) electrons. The van der Waals surface area contributed by atoms with Gasteiger partial charge in [-0.1, -0.05) is 39.0 Å². The van der Waals surface area contributed by atoms with Gasteiger partial charge in [-0.2, -0.15) is 0 Å². The van der Waals surface area contributed by atoms with Crippen LogP contribution in [0.4, 0.5) is 11.4 Å². The quantitative estimate of drug-likeness (QED) is 0.851. The van der Waals surface area contributed by atoms with E-state index in [0.717, 1.165) is 0 Å². The number of ether oxygens (including phenoxy) is 2. The number of hydrogen-bond donors (Lipinski definition) is 2. The average Bonchev–Trinajstić information content (AvgIpc) is 2.62. The molecule has 2 amide bonds. The highest BCUT2D eigenvalue weighted by molar-refractivity contribution is 6.05. The third kappa shape index (κ3) is 4.53. The van der Waals surface area contributed by atoms with Gasteiger partial charge in [-0.25, -0.2) is 0 Å². The van der Waals surface area contributed by atoms with Gasteiger partial charge in [-0.05, 0) is 12.1 Å². The summed E-state index contributed by atoms with van der Waals surface area (Å²) >= 11 is 0. The number of nitrogens with one attached hydrogen (secondary N) is 2. The topological polar surface area (TPSA) is 76.7 Å². The number of carbonyl (C=O) groups excluding carboxylic acids is 2. The Hall–Kier alpha value is -3.02. The van der Waals surface area contributed by atoms with Gasteiger partial charge >= 0.3 is 0 Å². The monoisotopic (exact) mass is 356 g/mol. The lowest BCUT2D eigenvalue weighted by Crippen LogP contribution is -2.27. The lowest BCUT2D eigenvalue weighted by Gasteiger charge is -2.20. The Morgan fingerprint density at radius 1 is 0.846 bits per heavy atom. The Labute approximate surface area is 153 Å². The van der Waals surface area contributed by atoms with Crippen LogP contribution < -0.4 is 20.1 Å². The van der Waals surface area contributed by atoms with E-state index < -0.39 is 5.41 Å². The Morgan fingerprint density at radius 2 is 1.35 bits per heavy atom. The van der Waals surface area contributed by atoms with Gasteiger partial charge in [0.25, 0.3) is 5.91 Å². The van der Waals surface area contributed by atoms with Gasteiger partial charge in [0.15, 0.2) is 0 Å². The van der Waals surface area contributed by atoms with Crippen LogP contribution in [-0.2, 0) is 4.79 Å². The van der Waals surface area contributed by atoms with Gasteiger partial charge in [-0.3, -0.25) is 9.59 Å². The second kappa shape index (κ2) is 7.91. The van der Waals surface area contributed by atoms with Crippen molar-refractivity contribution < 1.29 is 19.1 Å². The normalized spacial score (nSPS) is 10.8. The first-order valence-corrected chi connectivity index (χ1v) is 8.20. The van der Waals surface area contributed by atoms with Gasteiger partial charge in [0, 0.05) is 23.1 Å². The van der Waals surface area contributed by atoms with E-state index >= 15 is 0 Å². The van der Waals surface area contributed by atoms with Crippen LogP contribution in [0.5, 0.6) is 11.5 Å². The van der Waals surface area contributed by atoms with Crippen LogP contribution in [0, 0.1) is 5.41 Å².